The number of carbonyl (C=O) groups is 1. The molecule has 1 fully saturated rings. The number of aromatic nitrogens is 1. The number of anilines is 2. The first-order valence-corrected chi connectivity index (χ1v) is 10.7. The lowest BCUT2D eigenvalue weighted by atomic mass is 10.1. The average Bonchev–Trinajstić information content (AvgIpc) is 3.23. The summed E-state index contributed by atoms with van der Waals surface area (Å²) in [6.45, 7) is 7.01. The van der Waals surface area contributed by atoms with E-state index in [0.717, 1.165) is 23.7 Å². The molecule has 3 aromatic rings. The summed E-state index contributed by atoms with van der Waals surface area (Å²) < 4.78 is 11.8. The molecule has 0 saturated carbocycles. The van der Waals surface area contributed by atoms with Crippen LogP contribution in [0.4, 0.5) is 15.6 Å². The lowest BCUT2D eigenvalue weighted by Gasteiger charge is -2.34. The van der Waals surface area contributed by atoms with Gasteiger partial charge in [-0.1, -0.05) is 23.5 Å². The lowest BCUT2D eigenvalue weighted by molar-refractivity contribution is 0.208. The zero-order chi connectivity index (χ0) is 21.3. The molecule has 2 heterocycles. The van der Waals surface area contributed by atoms with Gasteiger partial charge in [0, 0.05) is 32.2 Å². The van der Waals surface area contributed by atoms with Crippen molar-refractivity contribution >= 4 is 38.4 Å². The minimum atomic E-state index is -0.130. The second-order valence-corrected chi connectivity index (χ2v) is 8.32. The number of rotatable bonds is 4. The Labute approximate surface area is 180 Å². The monoisotopic (exact) mass is 426 g/mol. The minimum absolute atomic E-state index is 0.130. The number of methoxy groups -OCH3 is 2. The van der Waals surface area contributed by atoms with Crippen LogP contribution in [-0.2, 0) is 0 Å². The number of nitrogens with one attached hydrogen (secondary N) is 1. The van der Waals surface area contributed by atoms with Crippen molar-refractivity contribution in [2.24, 2.45) is 0 Å². The molecular formula is C22H26N4O3S. The van der Waals surface area contributed by atoms with Gasteiger partial charge in [0.1, 0.15) is 11.5 Å². The Hall–Kier alpha value is -3.00. The summed E-state index contributed by atoms with van der Waals surface area (Å²) in [6, 6.07) is 9.48. The molecule has 1 aromatic heterocycles. The summed E-state index contributed by atoms with van der Waals surface area (Å²) in [6.07, 6.45) is 0. The Morgan fingerprint density at radius 3 is 2.43 bits per heavy atom. The highest BCUT2D eigenvalue weighted by atomic mass is 32.1. The predicted molar refractivity (Wildman–Crippen MR) is 121 cm³/mol. The summed E-state index contributed by atoms with van der Waals surface area (Å²) in [7, 11) is 3.17. The molecule has 8 heteroatoms. The van der Waals surface area contributed by atoms with Gasteiger partial charge in [-0.25, -0.2) is 9.78 Å². The SMILES string of the molecule is COc1ccc(NC(=O)N2CCN(c3nc4c(C)ccc(C)c4s3)CC2)c(OC)c1. The largest absolute Gasteiger partial charge is 0.497 e. The van der Waals surface area contributed by atoms with Gasteiger partial charge in [-0.05, 0) is 37.1 Å². The van der Waals surface area contributed by atoms with Crippen LogP contribution in [0.1, 0.15) is 11.1 Å². The van der Waals surface area contributed by atoms with E-state index in [4.69, 9.17) is 14.5 Å². The molecule has 0 radical (unpaired) electrons. The van der Waals surface area contributed by atoms with E-state index < -0.39 is 0 Å². The maximum absolute atomic E-state index is 12.8. The first-order valence-electron chi connectivity index (χ1n) is 9.90. The highest BCUT2D eigenvalue weighted by Crippen LogP contribution is 2.33. The van der Waals surface area contributed by atoms with Crippen LogP contribution in [0.15, 0.2) is 30.3 Å². The van der Waals surface area contributed by atoms with Crippen molar-refractivity contribution in [1.82, 2.24) is 9.88 Å². The third kappa shape index (κ3) is 3.87. The van der Waals surface area contributed by atoms with Gasteiger partial charge in [-0.3, -0.25) is 0 Å². The van der Waals surface area contributed by atoms with Crippen LogP contribution in [0.25, 0.3) is 10.2 Å². The van der Waals surface area contributed by atoms with Crippen molar-refractivity contribution in [3.05, 3.63) is 41.5 Å². The van der Waals surface area contributed by atoms with Gasteiger partial charge in [0.05, 0.1) is 30.1 Å². The summed E-state index contributed by atoms with van der Waals surface area (Å²) >= 11 is 1.73. The number of carbonyl (C=O) groups excluding carboxylic acids is 1. The normalized spacial score (nSPS) is 14.1. The fraction of sp³-hybridized carbons (Fsp3) is 0.364. The van der Waals surface area contributed by atoms with Gasteiger partial charge >= 0.3 is 6.03 Å². The van der Waals surface area contributed by atoms with Crippen LogP contribution in [0.5, 0.6) is 11.5 Å². The molecule has 30 heavy (non-hydrogen) atoms. The Morgan fingerprint density at radius 2 is 1.77 bits per heavy atom. The number of urea groups is 1. The number of thiazole rings is 1. The molecule has 2 amide bonds. The van der Waals surface area contributed by atoms with E-state index in [1.54, 1.807) is 43.8 Å². The van der Waals surface area contributed by atoms with Crippen LogP contribution < -0.4 is 19.7 Å². The topological polar surface area (TPSA) is 66.9 Å². The van der Waals surface area contributed by atoms with Gasteiger partial charge < -0.3 is 24.6 Å². The molecule has 1 aliphatic heterocycles. The number of hydrogen-bond acceptors (Lipinski definition) is 6. The molecule has 0 spiro atoms. The maximum Gasteiger partial charge on any atom is 0.322 e. The van der Waals surface area contributed by atoms with Crippen molar-refractivity contribution in [3.63, 3.8) is 0 Å². The van der Waals surface area contributed by atoms with Crippen LogP contribution >= 0.6 is 11.3 Å². The van der Waals surface area contributed by atoms with Crippen molar-refractivity contribution in [3.8, 4) is 11.5 Å². The van der Waals surface area contributed by atoms with Crippen molar-refractivity contribution in [2.75, 3.05) is 50.6 Å². The molecule has 0 bridgehead atoms. The van der Waals surface area contributed by atoms with E-state index in [1.807, 2.05) is 4.90 Å². The molecule has 158 valence electrons. The van der Waals surface area contributed by atoms with E-state index in [9.17, 15) is 4.79 Å². The summed E-state index contributed by atoms with van der Waals surface area (Å²) in [5.41, 5.74) is 4.17. The molecule has 1 saturated heterocycles. The van der Waals surface area contributed by atoms with Crippen molar-refractivity contribution < 1.29 is 14.3 Å². The zero-order valence-corrected chi connectivity index (χ0v) is 18.5. The van der Waals surface area contributed by atoms with Crippen LogP contribution in [0.3, 0.4) is 0 Å². The van der Waals surface area contributed by atoms with Crippen molar-refractivity contribution in [1.29, 1.82) is 0 Å². The maximum atomic E-state index is 12.8. The minimum Gasteiger partial charge on any atom is -0.497 e. The second-order valence-electron chi connectivity index (χ2n) is 7.34. The van der Waals surface area contributed by atoms with Gasteiger partial charge in [0.25, 0.3) is 0 Å². The van der Waals surface area contributed by atoms with Crippen LogP contribution in [0, 0.1) is 13.8 Å². The molecule has 1 aliphatic rings. The van der Waals surface area contributed by atoms with Gasteiger partial charge in [0.2, 0.25) is 0 Å². The second kappa shape index (κ2) is 8.39. The molecule has 1 N–H and O–H groups in total. The number of nitrogens with zero attached hydrogens (tertiary/aromatic N) is 3. The first-order chi connectivity index (χ1) is 14.5. The molecule has 0 atom stereocenters. The molecule has 0 unspecified atom stereocenters. The van der Waals surface area contributed by atoms with E-state index >= 15 is 0 Å². The first kappa shape index (κ1) is 20.3. The molecule has 0 aliphatic carbocycles. The molecule has 2 aromatic carbocycles. The smallest absolute Gasteiger partial charge is 0.322 e. The molecular weight excluding hydrogens is 400 g/mol. The number of amides is 2. The Balaban J connectivity index is 1.42. The fourth-order valence-corrected chi connectivity index (χ4v) is 4.74. The van der Waals surface area contributed by atoms with E-state index in [0.29, 0.717) is 30.3 Å². The number of ether oxygens (including phenoxy) is 2. The third-order valence-electron chi connectivity index (χ3n) is 5.42. The highest BCUT2D eigenvalue weighted by molar-refractivity contribution is 7.22. The van der Waals surface area contributed by atoms with Gasteiger partial charge in [-0.15, -0.1) is 0 Å². The quantitative estimate of drug-likeness (QED) is 0.674. The van der Waals surface area contributed by atoms with E-state index in [1.165, 1.54) is 15.8 Å². The number of fused-ring (bicyclic) bond motifs is 1. The van der Waals surface area contributed by atoms with Crippen LogP contribution in [0.2, 0.25) is 0 Å². The number of hydrogen-bond donors (Lipinski definition) is 1. The average molecular weight is 427 g/mol. The summed E-state index contributed by atoms with van der Waals surface area (Å²) in [4.78, 5) is 21.7. The van der Waals surface area contributed by atoms with Crippen molar-refractivity contribution in [2.45, 2.75) is 13.8 Å². The fourth-order valence-electron chi connectivity index (χ4n) is 3.58. The summed E-state index contributed by atoms with van der Waals surface area (Å²) in [5.74, 6) is 1.25. The Bertz CT molecular complexity index is 1030. The highest BCUT2D eigenvalue weighted by Gasteiger charge is 2.24. The third-order valence-corrected chi connectivity index (χ3v) is 6.67. The predicted octanol–water partition coefficient (Wildman–Crippen LogP) is 4.28. The number of aryl methyl sites for hydroxylation is 2. The van der Waals surface area contributed by atoms with E-state index in [-0.39, 0.29) is 6.03 Å². The van der Waals surface area contributed by atoms with Gasteiger partial charge in [0.15, 0.2) is 5.13 Å². The van der Waals surface area contributed by atoms with Crippen LogP contribution in [-0.4, -0.2) is 56.3 Å². The Morgan fingerprint density at radius 1 is 1.03 bits per heavy atom. The number of benzene rings is 2. The summed E-state index contributed by atoms with van der Waals surface area (Å²) in [5, 5.41) is 3.98. The Kier molecular flexibility index (Phi) is 5.67. The number of piperazine rings is 1. The standard InChI is InChI=1S/C22H26N4O3S/c1-14-5-6-15(2)20-19(14)24-22(30-20)26-11-9-25(10-12-26)21(27)23-17-8-7-16(28-3)13-18(17)29-4/h5-8,13H,9-12H2,1-4H3,(H,23,27). The molecule has 4 rings (SSSR count). The zero-order valence-electron chi connectivity index (χ0n) is 17.7. The molecule has 7 nitrogen and oxygen atoms in total. The van der Waals surface area contributed by atoms with E-state index in [2.05, 4.69) is 36.2 Å². The van der Waals surface area contributed by atoms with Gasteiger partial charge in [-0.2, -0.15) is 0 Å². The lowest BCUT2D eigenvalue weighted by Crippen LogP contribution is -2.50.